The van der Waals surface area contributed by atoms with Gasteiger partial charge in [-0.1, -0.05) is 11.6 Å². The number of nitrogens with zero attached hydrogens (tertiary/aromatic N) is 4. The van der Waals surface area contributed by atoms with E-state index in [1.54, 1.807) is 0 Å². The van der Waals surface area contributed by atoms with E-state index in [0.29, 0.717) is 16.6 Å². The first kappa shape index (κ1) is 26.0. The number of halogens is 8. The molecule has 38 heavy (non-hydrogen) atoms. The van der Waals surface area contributed by atoms with Crippen molar-refractivity contribution < 1.29 is 40.3 Å². The molecule has 0 bridgehead atoms. The molecular weight excluding hydrogens is 549 g/mol. The number of hydrogen-bond donors (Lipinski definition) is 2. The highest BCUT2D eigenvalue weighted by molar-refractivity contribution is 6.34. The molecule has 1 aliphatic carbocycles. The van der Waals surface area contributed by atoms with Gasteiger partial charge in [0.1, 0.15) is 29.8 Å². The van der Waals surface area contributed by atoms with Gasteiger partial charge in [-0.2, -0.15) is 18.3 Å². The lowest BCUT2D eigenvalue weighted by Gasteiger charge is -2.17. The fraction of sp³-hybridized carbons (Fsp3) is 0.364. The van der Waals surface area contributed by atoms with Crippen LogP contribution in [0.25, 0.3) is 16.8 Å². The molecule has 0 spiro atoms. The zero-order valence-electron chi connectivity index (χ0n) is 18.9. The monoisotopic (exact) mass is 564 g/mol. The number of hydrogen-bond acceptors (Lipinski definition) is 5. The summed E-state index contributed by atoms with van der Waals surface area (Å²) in [6, 6.07) is 0.848. The van der Waals surface area contributed by atoms with Crippen molar-refractivity contribution in [2.24, 2.45) is 5.92 Å². The van der Waals surface area contributed by atoms with Gasteiger partial charge in [-0.05, 0) is 18.2 Å². The Hall–Kier alpha value is -3.62. The molecule has 1 aliphatic heterocycles. The number of rotatable bonds is 4. The maximum atomic E-state index is 14.9. The van der Waals surface area contributed by atoms with Crippen LogP contribution in [0.4, 0.5) is 36.6 Å². The Balaban J connectivity index is 1.45. The lowest BCUT2D eigenvalue weighted by molar-refractivity contribution is -0.136. The van der Waals surface area contributed by atoms with Gasteiger partial charge in [0.05, 0.1) is 34.4 Å². The van der Waals surface area contributed by atoms with Gasteiger partial charge in [0.2, 0.25) is 5.91 Å². The fourth-order valence-corrected chi connectivity index (χ4v) is 4.66. The predicted octanol–water partition coefficient (Wildman–Crippen LogP) is 3.72. The standard InChI is InChI=1S/C22H16ClF7N6O2/c23-12-3-13(24)9(16-2-10(22(28,29)30)17-18(31)32-7-33-36(16)17)1-8(12)19(37)34-15-6-35(5-14(15)25)20(38)11-4-21(11,26)27/h1-3,7,11,14-15H,4-6H2,(H,34,37)(H2,31,32,33)/t11?,14-,15+/m0/s1. The first-order chi connectivity index (χ1) is 17.7. The third-order valence-corrected chi connectivity index (χ3v) is 6.78. The Morgan fingerprint density at radius 1 is 1.18 bits per heavy atom. The molecule has 8 nitrogen and oxygen atoms in total. The highest BCUT2D eigenvalue weighted by Gasteiger charge is 2.63. The van der Waals surface area contributed by atoms with Crippen LogP contribution in [0.1, 0.15) is 22.3 Å². The number of aromatic nitrogens is 3. The zero-order chi connectivity index (χ0) is 27.7. The van der Waals surface area contributed by atoms with Gasteiger partial charge in [0.25, 0.3) is 11.8 Å². The quantitative estimate of drug-likeness (QED) is 0.470. The summed E-state index contributed by atoms with van der Waals surface area (Å²) in [5, 5.41) is 5.58. The summed E-state index contributed by atoms with van der Waals surface area (Å²) in [5.41, 5.74) is 2.39. The van der Waals surface area contributed by atoms with Crippen molar-refractivity contribution in [1.29, 1.82) is 0 Å². The van der Waals surface area contributed by atoms with Crippen LogP contribution in [0.3, 0.4) is 0 Å². The second-order valence-corrected chi connectivity index (χ2v) is 9.42. The average molecular weight is 565 g/mol. The van der Waals surface area contributed by atoms with Gasteiger partial charge in [-0.15, -0.1) is 0 Å². The lowest BCUT2D eigenvalue weighted by atomic mass is 10.1. The fourth-order valence-electron chi connectivity index (χ4n) is 4.42. The van der Waals surface area contributed by atoms with Crippen LogP contribution in [0.5, 0.6) is 0 Å². The first-order valence-electron chi connectivity index (χ1n) is 11.0. The molecule has 1 unspecified atom stereocenters. The minimum Gasteiger partial charge on any atom is -0.382 e. The number of likely N-dealkylation sites (tertiary alicyclic amines) is 1. The van der Waals surface area contributed by atoms with Crippen LogP contribution < -0.4 is 11.1 Å². The predicted molar refractivity (Wildman–Crippen MR) is 119 cm³/mol. The van der Waals surface area contributed by atoms with E-state index in [4.69, 9.17) is 17.3 Å². The van der Waals surface area contributed by atoms with Crippen molar-refractivity contribution >= 4 is 34.7 Å². The Morgan fingerprint density at radius 3 is 2.50 bits per heavy atom. The Labute approximate surface area is 213 Å². The largest absolute Gasteiger partial charge is 0.418 e. The van der Waals surface area contributed by atoms with Crippen molar-refractivity contribution in [2.75, 3.05) is 18.8 Å². The number of anilines is 1. The number of benzene rings is 1. The van der Waals surface area contributed by atoms with Crippen LogP contribution in [-0.2, 0) is 11.0 Å². The van der Waals surface area contributed by atoms with Crippen LogP contribution in [0.2, 0.25) is 5.02 Å². The molecule has 0 radical (unpaired) electrons. The molecule has 2 fully saturated rings. The summed E-state index contributed by atoms with van der Waals surface area (Å²) in [6.45, 7) is -0.908. The number of carbonyl (C=O) groups excluding carboxylic acids is 2. The van der Waals surface area contributed by atoms with Crippen molar-refractivity contribution in [3.05, 3.63) is 46.5 Å². The molecule has 3 heterocycles. The molecule has 16 heteroatoms. The van der Waals surface area contributed by atoms with E-state index in [0.717, 1.165) is 17.3 Å². The third-order valence-electron chi connectivity index (χ3n) is 6.47. The van der Waals surface area contributed by atoms with E-state index in [1.165, 1.54) is 0 Å². The molecular formula is C22H16ClF7N6O2. The highest BCUT2D eigenvalue weighted by atomic mass is 35.5. The Bertz CT molecular complexity index is 1480. The van der Waals surface area contributed by atoms with Crippen LogP contribution in [-0.4, -0.2) is 62.5 Å². The minimum absolute atomic E-state index is 0.390. The van der Waals surface area contributed by atoms with E-state index < -0.39 is 106 Å². The number of nitrogens with one attached hydrogen (secondary N) is 1. The molecule has 1 aromatic carbocycles. The summed E-state index contributed by atoms with van der Waals surface area (Å²) < 4.78 is 97.6. The van der Waals surface area contributed by atoms with Crippen LogP contribution in [0, 0.1) is 11.7 Å². The van der Waals surface area contributed by atoms with Gasteiger partial charge in [0, 0.05) is 18.5 Å². The van der Waals surface area contributed by atoms with E-state index in [2.05, 4.69) is 15.4 Å². The Morgan fingerprint density at radius 2 is 1.87 bits per heavy atom. The Kier molecular flexibility index (Phi) is 5.96. The third kappa shape index (κ3) is 4.37. The number of nitrogen functional groups attached to an aromatic ring is 1. The van der Waals surface area contributed by atoms with E-state index in [9.17, 15) is 40.3 Å². The summed E-state index contributed by atoms with van der Waals surface area (Å²) in [5.74, 6) is -8.26. The van der Waals surface area contributed by atoms with Gasteiger partial charge >= 0.3 is 6.18 Å². The summed E-state index contributed by atoms with van der Waals surface area (Å²) in [7, 11) is 0. The van der Waals surface area contributed by atoms with Gasteiger partial charge in [0.15, 0.2) is 5.82 Å². The number of nitrogens with two attached hydrogens (primary N) is 1. The van der Waals surface area contributed by atoms with E-state index in [1.807, 2.05) is 0 Å². The van der Waals surface area contributed by atoms with Crippen LogP contribution in [0.15, 0.2) is 24.5 Å². The smallest absolute Gasteiger partial charge is 0.382 e. The second kappa shape index (κ2) is 8.71. The lowest BCUT2D eigenvalue weighted by Crippen LogP contribution is -2.42. The normalized spacial score (nSPS) is 22.6. The van der Waals surface area contributed by atoms with E-state index >= 15 is 0 Å². The number of fused-ring (bicyclic) bond motifs is 1. The maximum absolute atomic E-state index is 14.9. The van der Waals surface area contributed by atoms with Crippen molar-refractivity contribution in [2.45, 2.75) is 30.7 Å². The SMILES string of the molecule is Nc1ncnn2c(-c3cc(C(=O)N[C@@H]4CN(C(=O)C5CC5(F)F)C[C@@H]4F)c(Cl)cc3F)cc(C(F)(F)F)c12. The molecule has 5 rings (SSSR count). The molecule has 2 aromatic heterocycles. The van der Waals surface area contributed by atoms with Gasteiger partial charge < -0.3 is 16.0 Å². The molecule has 202 valence electrons. The molecule has 3 aromatic rings. The average Bonchev–Trinajstić information content (AvgIpc) is 3.12. The first-order valence-corrected chi connectivity index (χ1v) is 11.4. The molecule has 3 N–H and O–H groups in total. The number of amides is 2. The highest BCUT2D eigenvalue weighted by Crippen LogP contribution is 2.50. The zero-order valence-corrected chi connectivity index (χ0v) is 19.6. The maximum Gasteiger partial charge on any atom is 0.418 e. The van der Waals surface area contributed by atoms with Crippen molar-refractivity contribution in [1.82, 2.24) is 24.8 Å². The summed E-state index contributed by atoms with van der Waals surface area (Å²) in [6.07, 6.45) is -6.47. The van der Waals surface area contributed by atoms with E-state index in [-0.39, 0.29) is 0 Å². The molecule has 2 aliphatic rings. The minimum atomic E-state index is -4.90. The number of alkyl halides is 6. The van der Waals surface area contributed by atoms with Crippen molar-refractivity contribution in [3.63, 3.8) is 0 Å². The molecule has 1 saturated heterocycles. The molecule has 3 atom stereocenters. The van der Waals surface area contributed by atoms with Gasteiger partial charge in [-0.25, -0.2) is 27.1 Å². The van der Waals surface area contributed by atoms with Crippen molar-refractivity contribution in [3.8, 4) is 11.3 Å². The summed E-state index contributed by atoms with van der Waals surface area (Å²) in [4.78, 5) is 29.5. The molecule has 1 saturated carbocycles. The van der Waals surface area contributed by atoms with Gasteiger partial charge in [-0.3, -0.25) is 9.59 Å². The summed E-state index contributed by atoms with van der Waals surface area (Å²) >= 11 is 6.01. The molecule has 2 amide bonds. The second-order valence-electron chi connectivity index (χ2n) is 9.02. The van der Waals surface area contributed by atoms with Crippen LogP contribution >= 0.6 is 11.6 Å². The topological polar surface area (TPSA) is 106 Å². The number of carbonyl (C=O) groups is 2.